The Bertz CT molecular complexity index is 392. The molecule has 22 heavy (non-hydrogen) atoms. The minimum absolute atomic E-state index is 0.322. The van der Waals surface area contributed by atoms with Crippen LogP contribution in [0.3, 0.4) is 0 Å². The number of ether oxygens (including phenoxy) is 1. The fourth-order valence-electron chi connectivity index (χ4n) is 1.33. The molecule has 0 radical (unpaired) electrons. The molecule has 0 aromatic carbocycles. The number of halogens is 13. The van der Waals surface area contributed by atoms with E-state index >= 15 is 0 Å². The van der Waals surface area contributed by atoms with Crippen molar-refractivity contribution in [3.63, 3.8) is 0 Å². The summed E-state index contributed by atoms with van der Waals surface area (Å²) in [4.78, 5) is 0. The Morgan fingerprint density at radius 2 is 0.955 bits per heavy atom. The molecule has 14 heteroatoms. The molecule has 0 aromatic heterocycles. The smallest absolute Gasteiger partial charge is 0.336 e. The first kappa shape index (κ1) is 21.0. The molecule has 2 atom stereocenters. The summed E-state index contributed by atoms with van der Waals surface area (Å²) in [5.41, 5.74) is -7.76. The van der Waals surface area contributed by atoms with E-state index in [1.165, 1.54) is 0 Å². The van der Waals surface area contributed by atoms with Crippen LogP contribution in [0, 0.1) is 0 Å². The van der Waals surface area contributed by atoms with Gasteiger partial charge in [-0.15, -0.1) is 0 Å². The van der Waals surface area contributed by atoms with Crippen LogP contribution in [0.2, 0.25) is 0 Å². The van der Waals surface area contributed by atoms with Crippen LogP contribution in [0.1, 0.15) is 6.92 Å². The van der Waals surface area contributed by atoms with E-state index < -0.39 is 42.6 Å². The van der Waals surface area contributed by atoms with Gasteiger partial charge in [0.2, 0.25) is 0 Å². The van der Waals surface area contributed by atoms with Crippen LogP contribution in [-0.4, -0.2) is 42.6 Å². The predicted octanol–water partition coefficient (Wildman–Crippen LogP) is 4.72. The number of rotatable bonds is 4. The molecule has 0 fully saturated rings. The topological polar surface area (TPSA) is 9.23 Å². The molecule has 0 aliphatic carbocycles. The van der Waals surface area contributed by atoms with Crippen molar-refractivity contribution in [2.75, 3.05) is 6.61 Å². The summed E-state index contributed by atoms with van der Waals surface area (Å²) in [5, 5.41) is 0. The Hall–Kier alpha value is -0.950. The SMILES string of the molecule is CCOC(F)(C(F)(F)F)C(F)(C(F)(F)F)C(F)(F)C(F)(F)F. The zero-order valence-corrected chi connectivity index (χ0v) is 10.0. The Morgan fingerprint density at radius 3 is 1.14 bits per heavy atom. The lowest BCUT2D eigenvalue weighted by atomic mass is 9.86. The molecule has 1 nitrogen and oxygen atoms in total. The Kier molecular flexibility index (Phi) is 5.07. The van der Waals surface area contributed by atoms with Gasteiger partial charge in [-0.05, 0) is 6.92 Å². The number of alkyl halides is 13. The average molecular weight is 364 g/mol. The zero-order chi connectivity index (χ0) is 18.4. The number of hydrogen-bond acceptors (Lipinski definition) is 1. The van der Waals surface area contributed by atoms with Gasteiger partial charge in [-0.25, -0.2) is 4.39 Å². The molecule has 0 heterocycles. The monoisotopic (exact) mass is 364 g/mol. The van der Waals surface area contributed by atoms with Gasteiger partial charge >= 0.3 is 36.0 Å². The van der Waals surface area contributed by atoms with Gasteiger partial charge in [-0.1, -0.05) is 0 Å². The van der Waals surface area contributed by atoms with Crippen LogP contribution >= 0.6 is 0 Å². The highest BCUT2D eigenvalue weighted by atomic mass is 19.4. The van der Waals surface area contributed by atoms with E-state index in [2.05, 4.69) is 4.74 Å². The van der Waals surface area contributed by atoms with Crippen molar-refractivity contribution in [2.24, 2.45) is 0 Å². The predicted molar refractivity (Wildman–Crippen MR) is 42.4 cm³/mol. The average Bonchev–Trinajstić information content (AvgIpc) is 2.22. The van der Waals surface area contributed by atoms with Crippen LogP contribution in [0.5, 0.6) is 0 Å². The van der Waals surface area contributed by atoms with Gasteiger partial charge in [-0.3, -0.25) is 0 Å². The minimum Gasteiger partial charge on any atom is -0.336 e. The summed E-state index contributed by atoms with van der Waals surface area (Å²) in [6.07, 6.45) is -22.3. The third kappa shape index (κ3) is 2.69. The molecule has 0 aromatic rings. The summed E-state index contributed by atoms with van der Waals surface area (Å²) in [6.45, 7) is -1.46. The fourth-order valence-corrected chi connectivity index (χ4v) is 1.33. The Morgan fingerprint density at radius 1 is 0.591 bits per heavy atom. The first-order valence-corrected chi connectivity index (χ1v) is 4.91. The van der Waals surface area contributed by atoms with E-state index in [1.54, 1.807) is 0 Å². The lowest BCUT2D eigenvalue weighted by molar-refractivity contribution is -0.479. The summed E-state index contributed by atoms with van der Waals surface area (Å²) >= 11 is 0. The fraction of sp³-hybridized carbons (Fsp3) is 1.00. The van der Waals surface area contributed by atoms with Crippen molar-refractivity contribution in [3.8, 4) is 0 Å². The molecule has 0 saturated heterocycles. The zero-order valence-electron chi connectivity index (χ0n) is 10.0. The van der Waals surface area contributed by atoms with Gasteiger partial charge in [-0.2, -0.15) is 52.7 Å². The first-order chi connectivity index (χ1) is 9.31. The molecule has 0 N–H and O–H groups in total. The van der Waals surface area contributed by atoms with E-state index in [9.17, 15) is 57.1 Å². The van der Waals surface area contributed by atoms with E-state index in [0.717, 1.165) is 0 Å². The van der Waals surface area contributed by atoms with Crippen LogP contribution < -0.4 is 0 Å². The van der Waals surface area contributed by atoms with Crippen molar-refractivity contribution < 1.29 is 61.8 Å². The van der Waals surface area contributed by atoms with Gasteiger partial charge in [0.15, 0.2) is 0 Å². The van der Waals surface area contributed by atoms with Gasteiger partial charge in [0.1, 0.15) is 0 Å². The van der Waals surface area contributed by atoms with Crippen LogP contribution in [0.15, 0.2) is 0 Å². The van der Waals surface area contributed by atoms with E-state index in [-0.39, 0.29) is 0 Å². The molecular weight excluding hydrogens is 359 g/mol. The van der Waals surface area contributed by atoms with E-state index in [1.807, 2.05) is 0 Å². The van der Waals surface area contributed by atoms with Gasteiger partial charge < -0.3 is 4.74 Å². The largest absolute Gasteiger partial charge is 0.457 e. The van der Waals surface area contributed by atoms with Crippen LogP contribution in [-0.2, 0) is 4.74 Å². The summed E-state index contributed by atoms with van der Waals surface area (Å²) in [5.74, 6) is -14.8. The van der Waals surface area contributed by atoms with Gasteiger partial charge in [0.25, 0.3) is 0 Å². The lowest BCUT2D eigenvalue weighted by Crippen LogP contribution is -2.76. The summed E-state index contributed by atoms with van der Waals surface area (Å²) in [6, 6.07) is 0. The molecule has 0 aliphatic rings. The molecular formula is C8H5F13O. The van der Waals surface area contributed by atoms with E-state index in [0.29, 0.717) is 6.92 Å². The van der Waals surface area contributed by atoms with Gasteiger partial charge in [0.05, 0.1) is 0 Å². The summed E-state index contributed by atoms with van der Waals surface area (Å²) in [7, 11) is 0. The van der Waals surface area contributed by atoms with Crippen molar-refractivity contribution in [1.29, 1.82) is 0 Å². The molecule has 2 unspecified atom stereocenters. The Balaban J connectivity index is 6.72. The molecule has 0 spiro atoms. The molecule has 134 valence electrons. The van der Waals surface area contributed by atoms with Crippen molar-refractivity contribution >= 4 is 0 Å². The maximum atomic E-state index is 13.5. The second-order valence-electron chi connectivity index (χ2n) is 3.75. The maximum Gasteiger partial charge on any atom is 0.457 e. The second-order valence-corrected chi connectivity index (χ2v) is 3.75. The highest BCUT2D eigenvalue weighted by Crippen LogP contribution is 2.62. The highest BCUT2D eigenvalue weighted by Gasteiger charge is 2.94. The van der Waals surface area contributed by atoms with Crippen LogP contribution in [0.4, 0.5) is 57.1 Å². The van der Waals surface area contributed by atoms with Crippen molar-refractivity contribution in [3.05, 3.63) is 0 Å². The molecule has 0 bridgehead atoms. The highest BCUT2D eigenvalue weighted by molar-refractivity contribution is 5.14. The first-order valence-electron chi connectivity index (χ1n) is 4.91. The second kappa shape index (κ2) is 5.30. The summed E-state index contributed by atoms with van der Waals surface area (Å²) < 4.78 is 165. The minimum atomic E-state index is -7.79. The van der Waals surface area contributed by atoms with Crippen molar-refractivity contribution in [2.45, 2.75) is 42.9 Å². The third-order valence-electron chi connectivity index (χ3n) is 2.33. The lowest BCUT2D eigenvalue weighted by Gasteiger charge is -2.44. The maximum absolute atomic E-state index is 13.5. The normalized spacial score (nSPS) is 20.5. The van der Waals surface area contributed by atoms with Crippen molar-refractivity contribution in [1.82, 2.24) is 0 Å². The van der Waals surface area contributed by atoms with Gasteiger partial charge in [0, 0.05) is 6.61 Å². The third-order valence-corrected chi connectivity index (χ3v) is 2.33. The molecule has 0 aliphatic heterocycles. The Labute approximate surface area is 113 Å². The van der Waals surface area contributed by atoms with E-state index in [4.69, 9.17) is 0 Å². The quantitative estimate of drug-likeness (QED) is 0.656. The molecule has 0 saturated carbocycles. The number of hydrogen-bond donors (Lipinski definition) is 0. The molecule has 0 rings (SSSR count). The van der Waals surface area contributed by atoms with Crippen LogP contribution in [0.25, 0.3) is 0 Å². The standard InChI is InChI=1S/C8H5F13O/c1-2-22-5(12,8(19,20)21)3(9,6(13,14)15)4(10,11)7(16,17)18/h2H2,1H3. The molecule has 0 amide bonds.